The Balaban J connectivity index is 1.65. The highest BCUT2D eigenvalue weighted by Crippen LogP contribution is 2.23. The second-order valence-electron chi connectivity index (χ2n) is 5.26. The number of benzene rings is 1. The van der Waals surface area contributed by atoms with Crippen molar-refractivity contribution in [2.75, 3.05) is 39.3 Å². The van der Waals surface area contributed by atoms with Crippen molar-refractivity contribution < 1.29 is 4.79 Å². The summed E-state index contributed by atoms with van der Waals surface area (Å²) in [5.41, 5.74) is 0.734. The summed E-state index contributed by atoms with van der Waals surface area (Å²) in [6.07, 6.45) is 0. The van der Waals surface area contributed by atoms with E-state index in [4.69, 9.17) is 0 Å². The Hall–Kier alpha value is -0.430. The van der Waals surface area contributed by atoms with Gasteiger partial charge in [-0.15, -0.1) is 0 Å². The van der Waals surface area contributed by atoms with E-state index >= 15 is 0 Å². The number of nitrogens with one attached hydrogen (secondary N) is 1. The zero-order valence-corrected chi connectivity index (χ0v) is 14.3. The molecule has 0 radical (unpaired) electrons. The van der Waals surface area contributed by atoms with Crippen LogP contribution in [0.2, 0.25) is 0 Å². The van der Waals surface area contributed by atoms with Crippen molar-refractivity contribution in [2.24, 2.45) is 0 Å². The summed E-state index contributed by atoms with van der Waals surface area (Å²) in [4.78, 5) is 17.0. The first-order chi connectivity index (χ1) is 9.65. The predicted octanol–water partition coefficient (Wildman–Crippen LogP) is 1.94. The van der Waals surface area contributed by atoms with Gasteiger partial charge >= 0.3 is 0 Å². The van der Waals surface area contributed by atoms with Crippen molar-refractivity contribution in [3.8, 4) is 0 Å². The first-order valence-electron chi connectivity index (χ1n) is 6.84. The van der Waals surface area contributed by atoms with Gasteiger partial charge in [-0.25, -0.2) is 0 Å². The molecular formula is C14H17Br2N3O. The van der Waals surface area contributed by atoms with Crippen LogP contribution in [-0.4, -0.2) is 61.0 Å². The molecule has 0 aliphatic carbocycles. The van der Waals surface area contributed by atoms with E-state index in [-0.39, 0.29) is 5.91 Å². The van der Waals surface area contributed by atoms with Crippen LogP contribution >= 0.6 is 31.9 Å². The average molecular weight is 403 g/mol. The number of carbonyl (C=O) groups is 1. The van der Waals surface area contributed by atoms with Gasteiger partial charge in [0, 0.05) is 54.3 Å². The van der Waals surface area contributed by atoms with Crippen LogP contribution in [0.3, 0.4) is 0 Å². The molecule has 6 heteroatoms. The zero-order valence-electron chi connectivity index (χ0n) is 11.1. The molecule has 0 bridgehead atoms. The summed E-state index contributed by atoms with van der Waals surface area (Å²) in [6, 6.07) is 6.40. The summed E-state index contributed by atoms with van der Waals surface area (Å²) in [5, 5.41) is 3.30. The standard InChI is InChI=1S/C14H17Br2N3O/c15-10-1-2-13(16)12(7-10)14(20)19-5-3-18(4-6-19)11-8-17-9-11/h1-2,7,11,17H,3-6,8-9H2. The highest BCUT2D eigenvalue weighted by molar-refractivity contribution is 9.11. The van der Waals surface area contributed by atoms with Crippen LogP contribution in [0.25, 0.3) is 0 Å². The van der Waals surface area contributed by atoms with E-state index in [1.54, 1.807) is 0 Å². The van der Waals surface area contributed by atoms with Gasteiger partial charge in [0.2, 0.25) is 0 Å². The summed E-state index contributed by atoms with van der Waals surface area (Å²) in [5.74, 6) is 0.115. The third kappa shape index (κ3) is 2.93. The molecule has 2 aliphatic heterocycles. The fourth-order valence-electron chi connectivity index (χ4n) is 2.65. The van der Waals surface area contributed by atoms with Crippen LogP contribution in [0.4, 0.5) is 0 Å². The van der Waals surface area contributed by atoms with E-state index in [0.29, 0.717) is 6.04 Å². The van der Waals surface area contributed by atoms with Gasteiger partial charge in [0.15, 0.2) is 0 Å². The van der Waals surface area contributed by atoms with Crippen molar-refractivity contribution in [1.29, 1.82) is 0 Å². The Labute approximate surface area is 135 Å². The van der Waals surface area contributed by atoms with Crippen LogP contribution in [-0.2, 0) is 0 Å². The van der Waals surface area contributed by atoms with E-state index in [1.165, 1.54) is 0 Å². The second-order valence-corrected chi connectivity index (χ2v) is 7.03. The Kier molecular flexibility index (Phi) is 4.45. The molecule has 1 aromatic rings. The number of nitrogens with zero attached hydrogens (tertiary/aromatic N) is 2. The number of amides is 1. The fourth-order valence-corrected chi connectivity index (χ4v) is 3.43. The smallest absolute Gasteiger partial charge is 0.255 e. The number of hydrogen-bond donors (Lipinski definition) is 1. The maximum absolute atomic E-state index is 12.6. The lowest BCUT2D eigenvalue weighted by Crippen LogP contribution is -2.62. The minimum absolute atomic E-state index is 0.115. The van der Waals surface area contributed by atoms with Gasteiger partial charge in [0.25, 0.3) is 5.91 Å². The number of piperazine rings is 1. The number of rotatable bonds is 2. The molecule has 0 unspecified atom stereocenters. The summed E-state index contributed by atoms with van der Waals surface area (Å²) in [7, 11) is 0. The monoisotopic (exact) mass is 401 g/mol. The predicted molar refractivity (Wildman–Crippen MR) is 86.0 cm³/mol. The second kappa shape index (κ2) is 6.13. The molecule has 0 aromatic heterocycles. The first kappa shape index (κ1) is 14.5. The van der Waals surface area contributed by atoms with Gasteiger partial charge in [-0.3, -0.25) is 9.69 Å². The van der Waals surface area contributed by atoms with E-state index < -0.39 is 0 Å². The molecule has 4 nitrogen and oxygen atoms in total. The molecule has 1 aromatic carbocycles. The summed E-state index contributed by atoms with van der Waals surface area (Å²) < 4.78 is 1.79. The lowest BCUT2D eigenvalue weighted by Gasteiger charge is -2.43. The van der Waals surface area contributed by atoms with E-state index in [1.807, 2.05) is 23.1 Å². The van der Waals surface area contributed by atoms with E-state index in [0.717, 1.165) is 53.8 Å². The number of carbonyl (C=O) groups excluding carboxylic acids is 1. The van der Waals surface area contributed by atoms with Gasteiger partial charge in [-0.1, -0.05) is 15.9 Å². The quantitative estimate of drug-likeness (QED) is 0.821. The van der Waals surface area contributed by atoms with Crippen LogP contribution in [0.5, 0.6) is 0 Å². The van der Waals surface area contributed by atoms with Crippen LogP contribution in [0.1, 0.15) is 10.4 Å². The lowest BCUT2D eigenvalue weighted by molar-refractivity contribution is 0.0501. The van der Waals surface area contributed by atoms with Gasteiger partial charge in [-0.05, 0) is 34.1 Å². The summed E-state index contributed by atoms with van der Waals surface area (Å²) in [6.45, 7) is 5.76. The third-order valence-electron chi connectivity index (χ3n) is 4.04. The van der Waals surface area contributed by atoms with Gasteiger partial charge in [0.1, 0.15) is 0 Å². The van der Waals surface area contributed by atoms with Gasteiger partial charge in [-0.2, -0.15) is 0 Å². The third-order valence-corrected chi connectivity index (χ3v) is 5.22. The topological polar surface area (TPSA) is 35.6 Å². The van der Waals surface area contributed by atoms with Gasteiger partial charge in [0.05, 0.1) is 5.56 Å². The molecule has 0 atom stereocenters. The fraction of sp³-hybridized carbons (Fsp3) is 0.500. The van der Waals surface area contributed by atoms with Crippen LogP contribution in [0, 0.1) is 0 Å². The van der Waals surface area contributed by atoms with Gasteiger partial charge < -0.3 is 10.2 Å². The molecule has 0 spiro atoms. The van der Waals surface area contributed by atoms with Crippen molar-refractivity contribution in [2.45, 2.75) is 6.04 Å². The molecule has 2 fully saturated rings. The van der Waals surface area contributed by atoms with Crippen LogP contribution < -0.4 is 5.32 Å². The molecule has 20 heavy (non-hydrogen) atoms. The Morgan fingerprint density at radius 3 is 2.45 bits per heavy atom. The molecule has 3 rings (SSSR count). The molecule has 1 N–H and O–H groups in total. The number of hydrogen-bond acceptors (Lipinski definition) is 3. The average Bonchev–Trinajstić information content (AvgIpc) is 2.40. The minimum atomic E-state index is 0.115. The van der Waals surface area contributed by atoms with Crippen molar-refractivity contribution in [1.82, 2.24) is 15.1 Å². The van der Waals surface area contributed by atoms with Crippen molar-refractivity contribution >= 4 is 37.8 Å². The zero-order chi connectivity index (χ0) is 14.1. The van der Waals surface area contributed by atoms with Crippen molar-refractivity contribution in [3.63, 3.8) is 0 Å². The first-order valence-corrected chi connectivity index (χ1v) is 8.43. The lowest BCUT2D eigenvalue weighted by atomic mass is 10.1. The minimum Gasteiger partial charge on any atom is -0.336 e. The normalized spacial score (nSPS) is 20.8. The summed E-state index contributed by atoms with van der Waals surface area (Å²) >= 11 is 6.89. The maximum Gasteiger partial charge on any atom is 0.255 e. The molecular weight excluding hydrogens is 386 g/mol. The molecule has 2 heterocycles. The molecule has 0 saturated carbocycles. The largest absolute Gasteiger partial charge is 0.336 e. The maximum atomic E-state index is 12.6. The molecule has 1 amide bonds. The van der Waals surface area contributed by atoms with Crippen molar-refractivity contribution in [3.05, 3.63) is 32.7 Å². The molecule has 2 saturated heterocycles. The highest BCUT2D eigenvalue weighted by atomic mass is 79.9. The number of halogens is 2. The molecule has 2 aliphatic rings. The Morgan fingerprint density at radius 2 is 1.85 bits per heavy atom. The highest BCUT2D eigenvalue weighted by Gasteiger charge is 2.29. The van der Waals surface area contributed by atoms with E-state index in [2.05, 4.69) is 42.1 Å². The molecule has 108 valence electrons. The van der Waals surface area contributed by atoms with Crippen LogP contribution in [0.15, 0.2) is 27.1 Å². The van der Waals surface area contributed by atoms with E-state index in [9.17, 15) is 4.79 Å². The SMILES string of the molecule is O=C(c1cc(Br)ccc1Br)N1CCN(C2CNC2)CC1. The Morgan fingerprint density at radius 1 is 1.15 bits per heavy atom. The Bertz CT molecular complexity index is 511.